The fraction of sp³-hybridized carbons (Fsp3) is 0.0833. The van der Waals surface area contributed by atoms with Gasteiger partial charge in [-0.1, -0.05) is 29.3 Å². The van der Waals surface area contributed by atoms with Gasteiger partial charge < -0.3 is 4.57 Å². The van der Waals surface area contributed by atoms with Crippen LogP contribution in [0.1, 0.15) is 12.5 Å². The first-order valence-electron chi connectivity index (χ1n) is 4.78. The standard InChI is InChI=1S/C12H10Cl2N2/c1-9(7-16-5-4-15-8-16)11-3-2-10(13)6-12(11)14/h2-8H,1H3. The van der Waals surface area contributed by atoms with Gasteiger partial charge in [0, 0.05) is 28.6 Å². The second-order valence-electron chi connectivity index (χ2n) is 3.45. The summed E-state index contributed by atoms with van der Waals surface area (Å²) in [5, 5.41) is 1.30. The Kier molecular flexibility index (Phi) is 3.32. The van der Waals surface area contributed by atoms with Crippen LogP contribution in [-0.4, -0.2) is 9.55 Å². The van der Waals surface area contributed by atoms with Gasteiger partial charge in [0.2, 0.25) is 0 Å². The van der Waals surface area contributed by atoms with Gasteiger partial charge in [0.25, 0.3) is 0 Å². The summed E-state index contributed by atoms with van der Waals surface area (Å²) in [6, 6.07) is 5.48. The van der Waals surface area contributed by atoms with E-state index in [1.54, 1.807) is 18.6 Å². The van der Waals surface area contributed by atoms with Crippen LogP contribution in [0.5, 0.6) is 0 Å². The maximum Gasteiger partial charge on any atom is 0.0986 e. The van der Waals surface area contributed by atoms with Gasteiger partial charge >= 0.3 is 0 Å². The van der Waals surface area contributed by atoms with Crippen molar-refractivity contribution < 1.29 is 0 Å². The highest BCUT2D eigenvalue weighted by Crippen LogP contribution is 2.27. The molecule has 0 fully saturated rings. The van der Waals surface area contributed by atoms with E-state index < -0.39 is 0 Å². The normalized spacial score (nSPS) is 11.8. The van der Waals surface area contributed by atoms with Crippen LogP contribution in [0, 0.1) is 0 Å². The van der Waals surface area contributed by atoms with E-state index in [9.17, 15) is 0 Å². The van der Waals surface area contributed by atoms with E-state index in [1.807, 2.05) is 36.0 Å². The topological polar surface area (TPSA) is 17.8 Å². The van der Waals surface area contributed by atoms with Crippen LogP contribution in [0.2, 0.25) is 10.0 Å². The van der Waals surface area contributed by atoms with Crippen molar-refractivity contribution in [2.45, 2.75) is 6.92 Å². The Hall–Kier alpha value is -1.25. The predicted octanol–water partition coefficient (Wildman–Crippen LogP) is 4.21. The molecule has 1 aromatic carbocycles. The largest absolute Gasteiger partial charge is 0.313 e. The molecule has 0 aliphatic heterocycles. The first-order chi connectivity index (χ1) is 7.66. The van der Waals surface area contributed by atoms with Gasteiger partial charge in [0.15, 0.2) is 0 Å². The van der Waals surface area contributed by atoms with Crippen molar-refractivity contribution in [2.24, 2.45) is 0 Å². The maximum absolute atomic E-state index is 6.11. The van der Waals surface area contributed by atoms with Crippen molar-refractivity contribution in [1.29, 1.82) is 0 Å². The van der Waals surface area contributed by atoms with Crippen molar-refractivity contribution in [1.82, 2.24) is 9.55 Å². The molecule has 0 amide bonds. The molecule has 82 valence electrons. The summed E-state index contributed by atoms with van der Waals surface area (Å²) in [5.41, 5.74) is 2.03. The molecule has 2 nitrogen and oxygen atoms in total. The first-order valence-corrected chi connectivity index (χ1v) is 5.53. The molecule has 0 saturated carbocycles. The molecule has 0 spiro atoms. The molecular formula is C12H10Cl2N2. The number of allylic oxidation sites excluding steroid dienone is 1. The number of halogens is 2. The zero-order chi connectivity index (χ0) is 11.5. The number of imidazole rings is 1. The molecule has 0 radical (unpaired) electrons. The van der Waals surface area contributed by atoms with Crippen LogP contribution < -0.4 is 0 Å². The Morgan fingerprint density at radius 3 is 2.81 bits per heavy atom. The van der Waals surface area contributed by atoms with Gasteiger partial charge in [0.05, 0.1) is 6.33 Å². The number of hydrogen-bond acceptors (Lipinski definition) is 1. The zero-order valence-corrected chi connectivity index (χ0v) is 10.2. The average molecular weight is 253 g/mol. The monoisotopic (exact) mass is 252 g/mol. The minimum absolute atomic E-state index is 0.643. The minimum Gasteiger partial charge on any atom is -0.313 e. The number of rotatable bonds is 2. The second kappa shape index (κ2) is 4.73. The highest BCUT2D eigenvalue weighted by molar-refractivity contribution is 6.35. The third-order valence-electron chi connectivity index (χ3n) is 2.22. The first kappa shape index (κ1) is 11.2. The van der Waals surface area contributed by atoms with Crippen LogP contribution in [0.4, 0.5) is 0 Å². The summed E-state index contributed by atoms with van der Waals surface area (Å²) in [6.45, 7) is 2.00. The summed E-state index contributed by atoms with van der Waals surface area (Å²) in [6.07, 6.45) is 7.29. The van der Waals surface area contributed by atoms with E-state index in [4.69, 9.17) is 23.2 Å². The Morgan fingerprint density at radius 1 is 1.38 bits per heavy atom. The molecule has 0 saturated heterocycles. The molecular weight excluding hydrogens is 243 g/mol. The molecule has 0 N–H and O–H groups in total. The molecule has 1 aromatic heterocycles. The molecule has 16 heavy (non-hydrogen) atoms. The molecule has 0 aliphatic carbocycles. The van der Waals surface area contributed by atoms with Crippen molar-refractivity contribution in [3.8, 4) is 0 Å². The van der Waals surface area contributed by atoms with E-state index in [0.29, 0.717) is 10.0 Å². The van der Waals surface area contributed by atoms with Crippen molar-refractivity contribution in [3.05, 3.63) is 52.5 Å². The molecule has 1 heterocycles. The molecule has 4 heteroatoms. The summed E-state index contributed by atoms with van der Waals surface area (Å²) in [7, 11) is 0. The SMILES string of the molecule is CC(=Cn1ccnc1)c1ccc(Cl)cc1Cl. The number of aromatic nitrogens is 2. The second-order valence-corrected chi connectivity index (χ2v) is 4.29. The Balaban J connectivity index is 2.37. The van der Waals surface area contributed by atoms with Gasteiger partial charge in [-0.25, -0.2) is 4.98 Å². The summed E-state index contributed by atoms with van der Waals surface area (Å²) >= 11 is 12.0. The number of benzene rings is 1. The third-order valence-corrected chi connectivity index (χ3v) is 2.77. The van der Waals surface area contributed by atoms with Gasteiger partial charge in [-0.3, -0.25) is 0 Å². The molecule has 0 unspecified atom stereocenters. The fourth-order valence-electron chi connectivity index (χ4n) is 1.45. The van der Waals surface area contributed by atoms with Gasteiger partial charge in [-0.15, -0.1) is 0 Å². The van der Waals surface area contributed by atoms with E-state index in [0.717, 1.165) is 11.1 Å². The van der Waals surface area contributed by atoms with Crippen LogP contribution in [0.3, 0.4) is 0 Å². The minimum atomic E-state index is 0.643. The molecule has 0 atom stereocenters. The highest BCUT2D eigenvalue weighted by Gasteiger charge is 2.03. The van der Waals surface area contributed by atoms with Gasteiger partial charge in [-0.2, -0.15) is 0 Å². The van der Waals surface area contributed by atoms with Crippen molar-refractivity contribution >= 4 is 35.0 Å². The smallest absolute Gasteiger partial charge is 0.0986 e. The lowest BCUT2D eigenvalue weighted by Gasteiger charge is -2.05. The Labute approximate surface area is 104 Å². The summed E-state index contributed by atoms with van der Waals surface area (Å²) in [4.78, 5) is 3.97. The van der Waals surface area contributed by atoms with Crippen LogP contribution in [-0.2, 0) is 0 Å². The maximum atomic E-state index is 6.11. The van der Waals surface area contributed by atoms with E-state index in [-0.39, 0.29) is 0 Å². The van der Waals surface area contributed by atoms with E-state index in [2.05, 4.69) is 4.98 Å². The van der Waals surface area contributed by atoms with Crippen LogP contribution in [0.25, 0.3) is 11.8 Å². The van der Waals surface area contributed by atoms with Crippen molar-refractivity contribution in [3.63, 3.8) is 0 Å². The molecule has 2 aromatic rings. The highest BCUT2D eigenvalue weighted by atomic mass is 35.5. The van der Waals surface area contributed by atoms with Crippen molar-refractivity contribution in [2.75, 3.05) is 0 Å². The molecule has 0 bridgehead atoms. The zero-order valence-electron chi connectivity index (χ0n) is 8.69. The molecule has 0 aliphatic rings. The van der Waals surface area contributed by atoms with Gasteiger partial charge in [0.1, 0.15) is 0 Å². The lowest BCUT2D eigenvalue weighted by Crippen LogP contribution is -1.86. The number of hydrogen-bond donors (Lipinski definition) is 0. The van der Waals surface area contributed by atoms with Crippen LogP contribution in [0.15, 0.2) is 36.9 Å². The Bertz CT molecular complexity index is 516. The van der Waals surface area contributed by atoms with Crippen LogP contribution >= 0.6 is 23.2 Å². The fourth-order valence-corrected chi connectivity index (χ4v) is 2.01. The van der Waals surface area contributed by atoms with E-state index in [1.165, 1.54) is 0 Å². The Morgan fingerprint density at radius 2 is 2.19 bits per heavy atom. The predicted molar refractivity (Wildman–Crippen MR) is 68.5 cm³/mol. The average Bonchev–Trinajstić information content (AvgIpc) is 2.70. The third kappa shape index (κ3) is 2.46. The number of nitrogens with zero attached hydrogens (tertiary/aromatic N) is 2. The summed E-state index contributed by atoms with van der Waals surface area (Å²) < 4.78 is 1.88. The van der Waals surface area contributed by atoms with Gasteiger partial charge in [-0.05, 0) is 30.2 Å². The summed E-state index contributed by atoms with van der Waals surface area (Å²) in [5.74, 6) is 0. The van der Waals surface area contributed by atoms with E-state index >= 15 is 0 Å². The lowest BCUT2D eigenvalue weighted by atomic mass is 10.1. The molecule has 2 rings (SSSR count). The quantitative estimate of drug-likeness (QED) is 0.783. The lowest BCUT2D eigenvalue weighted by molar-refractivity contribution is 1.14.